The zero-order valence-electron chi connectivity index (χ0n) is 11.4. The summed E-state index contributed by atoms with van der Waals surface area (Å²) in [5, 5.41) is 19.1. The fourth-order valence-corrected chi connectivity index (χ4v) is 4.10. The molecule has 116 valence electrons. The minimum absolute atomic E-state index is 0.140. The first kappa shape index (κ1) is 16.9. The third-order valence-corrected chi connectivity index (χ3v) is 5.40. The molecule has 0 unspecified atom stereocenters. The highest BCUT2D eigenvalue weighted by molar-refractivity contribution is 7.91. The lowest BCUT2D eigenvalue weighted by Crippen LogP contribution is -2.42. The van der Waals surface area contributed by atoms with Gasteiger partial charge in [-0.1, -0.05) is 0 Å². The molecule has 1 saturated carbocycles. The van der Waals surface area contributed by atoms with Gasteiger partial charge in [-0.25, -0.2) is 8.42 Å². The van der Waals surface area contributed by atoms with E-state index in [2.05, 4.69) is 4.74 Å². The quantitative estimate of drug-likeness (QED) is 0.661. The monoisotopic (exact) mass is 308 g/mol. The van der Waals surface area contributed by atoms with Crippen LogP contribution in [0.25, 0.3) is 0 Å². The van der Waals surface area contributed by atoms with Gasteiger partial charge in [-0.05, 0) is 25.7 Å². The third-order valence-electron chi connectivity index (χ3n) is 3.60. The molecule has 0 heterocycles. The molecule has 0 saturated heterocycles. The van der Waals surface area contributed by atoms with Crippen LogP contribution in [0.1, 0.15) is 32.1 Å². The van der Waals surface area contributed by atoms with Gasteiger partial charge in [0.2, 0.25) is 0 Å². The molecular weight excluding hydrogens is 288 g/mol. The number of methoxy groups -OCH3 is 1. The van der Waals surface area contributed by atoms with Crippen molar-refractivity contribution in [1.29, 1.82) is 0 Å². The Morgan fingerprint density at radius 2 is 1.85 bits per heavy atom. The topological polar surface area (TPSA) is 118 Å². The molecular formula is C12H20O7S. The molecule has 1 rings (SSSR count). The maximum atomic E-state index is 11.9. The smallest absolute Gasteiger partial charge is 0.306 e. The van der Waals surface area contributed by atoms with E-state index in [0.717, 1.165) is 0 Å². The van der Waals surface area contributed by atoms with Gasteiger partial charge in [-0.2, -0.15) is 0 Å². The van der Waals surface area contributed by atoms with Crippen LogP contribution in [-0.4, -0.2) is 54.8 Å². The van der Waals surface area contributed by atoms with E-state index in [0.29, 0.717) is 0 Å². The first-order valence-corrected chi connectivity index (χ1v) is 8.22. The minimum atomic E-state index is -3.58. The number of rotatable bonds is 6. The summed E-state index contributed by atoms with van der Waals surface area (Å²) in [6, 6.07) is 0. The summed E-state index contributed by atoms with van der Waals surface area (Å²) in [6.45, 7) is 0. The van der Waals surface area contributed by atoms with Crippen molar-refractivity contribution < 1.29 is 33.0 Å². The standard InChI is InChI=1S/C12H20O7S/c1-19-10(13)4-7-20(17,18)8-12(16)5-2-9(3-6-12)11(14)15/h9,16H,2-8H2,1H3,(H,14,15). The van der Waals surface area contributed by atoms with Gasteiger partial charge < -0.3 is 14.9 Å². The van der Waals surface area contributed by atoms with Crippen LogP contribution in [0.15, 0.2) is 0 Å². The van der Waals surface area contributed by atoms with Crippen LogP contribution < -0.4 is 0 Å². The van der Waals surface area contributed by atoms with Crippen molar-refractivity contribution in [2.45, 2.75) is 37.7 Å². The van der Waals surface area contributed by atoms with Gasteiger partial charge in [0.1, 0.15) is 0 Å². The zero-order chi connectivity index (χ0) is 15.4. The molecule has 0 atom stereocenters. The highest BCUT2D eigenvalue weighted by Crippen LogP contribution is 2.33. The van der Waals surface area contributed by atoms with E-state index in [1.54, 1.807) is 0 Å². The van der Waals surface area contributed by atoms with E-state index >= 15 is 0 Å². The summed E-state index contributed by atoms with van der Waals surface area (Å²) >= 11 is 0. The Kier molecular flexibility index (Phi) is 5.52. The number of hydrogen-bond donors (Lipinski definition) is 2. The second kappa shape index (κ2) is 6.53. The van der Waals surface area contributed by atoms with E-state index in [-0.39, 0.29) is 37.9 Å². The SMILES string of the molecule is COC(=O)CCS(=O)(=O)CC1(O)CCC(C(=O)O)CC1. The summed E-state index contributed by atoms with van der Waals surface area (Å²) in [6.07, 6.45) is 0.562. The normalized spacial score (nSPS) is 27.0. The van der Waals surface area contributed by atoms with E-state index in [1.165, 1.54) is 7.11 Å². The third kappa shape index (κ3) is 5.09. The van der Waals surface area contributed by atoms with Gasteiger partial charge in [-0.3, -0.25) is 9.59 Å². The summed E-state index contributed by atoms with van der Waals surface area (Å²) in [4.78, 5) is 21.7. The second-order valence-electron chi connectivity index (χ2n) is 5.26. The molecule has 0 spiro atoms. The molecule has 1 fully saturated rings. The molecule has 0 amide bonds. The van der Waals surface area contributed by atoms with Crippen LogP contribution in [0, 0.1) is 5.92 Å². The van der Waals surface area contributed by atoms with Crippen molar-refractivity contribution >= 4 is 21.8 Å². The number of carboxylic acids is 1. The number of hydrogen-bond acceptors (Lipinski definition) is 6. The molecule has 0 aromatic carbocycles. The van der Waals surface area contributed by atoms with E-state index in [4.69, 9.17) is 5.11 Å². The number of carboxylic acid groups (broad SMARTS) is 1. The van der Waals surface area contributed by atoms with Gasteiger partial charge in [-0.15, -0.1) is 0 Å². The van der Waals surface area contributed by atoms with Crippen molar-refractivity contribution in [3.63, 3.8) is 0 Å². The largest absolute Gasteiger partial charge is 0.481 e. The minimum Gasteiger partial charge on any atom is -0.481 e. The van der Waals surface area contributed by atoms with E-state index < -0.39 is 39.0 Å². The van der Waals surface area contributed by atoms with Crippen LogP contribution in [-0.2, 0) is 24.2 Å². The van der Waals surface area contributed by atoms with Crippen molar-refractivity contribution in [1.82, 2.24) is 0 Å². The molecule has 0 aromatic rings. The average molecular weight is 308 g/mol. The molecule has 8 heteroatoms. The molecule has 20 heavy (non-hydrogen) atoms. The number of carbonyl (C=O) groups is 2. The fourth-order valence-electron chi connectivity index (χ4n) is 2.37. The predicted molar refractivity (Wildman–Crippen MR) is 69.8 cm³/mol. The Labute approximate surface area is 117 Å². The van der Waals surface area contributed by atoms with Crippen molar-refractivity contribution in [2.75, 3.05) is 18.6 Å². The van der Waals surface area contributed by atoms with Gasteiger partial charge in [0.05, 0.1) is 36.6 Å². The van der Waals surface area contributed by atoms with Gasteiger partial charge >= 0.3 is 11.9 Å². The Hall–Kier alpha value is -1.15. The first-order valence-electron chi connectivity index (χ1n) is 6.40. The summed E-state index contributed by atoms with van der Waals surface area (Å²) in [7, 11) is -2.40. The lowest BCUT2D eigenvalue weighted by Gasteiger charge is -2.34. The average Bonchev–Trinajstić information content (AvgIpc) is 2.35. The fraction of sp³-hybridized carbons (Fsp3) is 0.833. The maximum Gasteiger partial charge on any atom is 0.306 e. The number of carbonyl (C=O) groups excluding carboxylic acids is 1. The molecule has 1 aliphatic rings. The van der Waals surface area contributed by atoms with Crippen LogP contribution in [0.5, 0.6) is 0 Å². The summed E-state index contributed by atoms with van der Waals surface area (Å²) in [5.74, 6) is -2.86. The van der Waals surface area contributed by atoms with Crippen LogP contribution >= 0.6 is 0 Å². The molecule has 0 aliphatic heterocycles. The lowest BCUT2D eigenvalue weighted by molar-refractivity contribution is -0.144. The van der Waals surface area contributed by atoms with Crippen molar-refractivity contribution in [2.24, 2.45) is 5.92 Å². The van der Waals surface area contributed by atoms with Gasteiger partial charge in [0, 0.05) is 0 Å². The maximum absolute atomic E-state index is 11.9. The lowest BCUT2D eigenvalue weighted by atomic mass is 9.80. The number of esters is 1. The summed E-state index contributed by atoms with van der Waals surface area (Å²) in [5.41, 5.74) is -1.39. The molecule has 7 nitrogen and oxygen atoms in total. The number of aliphatic carboxylic acids is 1. The van der Waals surface area contributed by atoms with Crippen LogP contribution in [0.4, 0.5) is 0 Å². The second-order valence-corrected chi connectivity index (χ2v) is 7.44. The van der Waals surface area contributed by atoms with Gasteiger partial charge in [0.25, 0.3) is 0 Å². The van der Waals surface area contributed by atoms with Crippen LogP contribution in [0.2, 0.25) is 0 Å². The Morgan fingerprint density at radius 1 is 1.30 bits per heavy atom. The first-order chi connectivity index (χ1) is 9.17. The molecule has 1 aliphatic carbocycles. The van der Waals surface area contributed by atoms with Crippen LogP contribution in [0.3, 0.4) is 0 Å². The Balaban J connectivity index is 2.54. The molecule has 0 radical (unpaired) electrons. The number of ether oxygens (including phenoxy) is 1. The predicted octanol–water partition coefficient (Wildman–Crippen LogP) is -0.0298. The zero-order valence-corrected chi connectivity index (χ0v) is 12.2. The molecule has 0 bridgehead atoms. The van der Waals surface area contributed by atoms with Gasteiger partial charge in [0.15, 0.2) is 9.84 Å². The number of aliphatic hydroxyl groups is 1. The number of sulfone groups is 1. The molecule has 2 N–H and O–H groups in total. The highest BCUT2D eigenvalue weighted by Gasteiger charge is 2.39. The van der Waals surface area contributed by atoms with E-state index in [9.17, 15) is 23.1 Å². The highest BCUT2D eigenvalue weighted by atomic mass is 32.2. The van der Waals surface area contributed by atoms with E-state index in [1.807, 2.05) is 0 Å². The summed E-state index contributed by atoms with van der Waals surface area (Å²) < 4.78 is 28.1. The van der Waals surface area contributed by atoms with Crippen molar-refractivity contribution in [3.8, 4) is 0 Å². The molecule has 0 aromatic heterocycles. The Morgan fingerprint density at radius 3 is 2.30 bits per heavy atom. The Bertz CT molecular complexity index is 460. The van der Waals surface area contributed by atoms with Crippen molar-refractivity contribution in [3.05, 3.63) is 0 Å².